The van der Waals surface area contributed by atoms with Crippen molar-refractivity contribution in [2.24, 2.45) is 0 Å². The molecule has 594 valence electrons. The van der Waals surface area contributed by atoms with Gasteiger partial charge in [0, 0.05) is 113 Å². The van der Waals surface area contributed by atoms with Gasteiger partial charge in [-0.3, -0.25) is 41.8 Å². The van der Waals surface area contributed by atoms with E-state index < -0.39 is 72.7 Å². The van der Waals surface area contributed by atoms with Crippen LogP contribution in [-0.4, -0.2) is 172 Å². The highest BCUT2D eigenvalue weighted by Gasteiger charge is 2.38. The molecule has 0 N–H and O–H groups in total. The number of alkyl halides is 9. The largest absolute Gasteiger partial charge is 0.406 e. The third-order valence-electron chi connectivity index (χ3n) is 22.4. The Labute approximate surface area is 632 Å². The van der Waals surface area contributed by atoms with Gasteiger partial charge < -0.3 is 29.4 Å². The first-order valence-corrected chi connectivity index (χ1v) is 38.1. The predicted molar refractivity (Wildman–Crippen MR) is 396 cm³/mol. The molecule has 18 nitrogen and oxygen atoms in total. The maximum absolute atomic E-state index is 13.8. The summed E-state index contributed by atoms with van der Waals surface area (Å²) in [5.41, 5.74) is 7.55. The molecule has 6 aromatic carbocycles. The number of hydrogen-bond donors (Lipinski definition) is 0. The second-order valence-electron chi connectivity index (χ2n) is 30.5. The number of fused-ring (bicyclic) bond motifs is 6. The highest BCUT2D eigenvalue weighted by molar-refractivity contribution is 6.00. The monoisotopic (exact) mass is 1550 g/mol. The van der Waals surface area contributed by atoms with Crippen LogP contribution in [0.15, 0.2) is 124 Å². The molecule has 3 saturated heterocycles. The van der Waals surface area contributed by atoms with Crippen molar-refractivity contribution < 1.29 is 67.1 Å². The number of carbonyl (C=O) groups excluding carboxylic acids is 3. The number of benzene rings is 6. The van der Waals surface area contributed by atoms with E-state index in [2.05, 4.69) is 14.7 Å². The average molecular weight is 1560 g/mol. The number of carbonyl (C=O) groups is 3. The number of likely N-dealkylation sites (tertiary alicyclic amines) is 3. The lowest BCUT2D eigenvalue weighted by atomic mass is 10.0. The normalized spacial score (nSPS) is 17.2. The van der Waals surface area contributed by atoms with Crippen molar-refractivity contribution in [3.63, 3.8) is 0 Å². The van der Waals surface area contributed by atoms with Crippen LogP contribution in [0.2, 0.25) is 0 Å². The summed E-state index contributed by atoms with van der Waals surface area (Å²) in [6, 6.07) is 28.0. The van der Waals surface area contributed by atoms with Gasteiger partial charge in [0.15, 0.2) is 0 Å². The first kappa shape index (κ1) is 79.7. The fourth-order valence-corrected chi connectivity index (χ4v) is 16.9. The SMILES string of the molecule is Cc1ccc2c(c1)C(=O)N(CCCCN1CCC(n3c(=O)n(CC(F)(F)F)c4cc(F)ccc43)CC1)C2.Cc1ccc2c(c1)C(=O)N(CCCCN1CCC(n3c(=O)n(CC(F)(F)F)c4cc(F)ccc43)CC1)C2.Cc1ccc2c(c1)C(=O)N(CCCCN1CCC(n3c(=O)n(CC(F)(F)F)c4cc(F)ccc43)CC1)C2. The number of hydrogen-bond acceptors (Lipinski definition) is 9. The molecule has 0 atom stereocenters. The summed E-state index contributed by atoms with van der Waals surface area (Å²) >= 11 is 0. The summed E-state index contributed by atoms with van der Waals surface area (Å²) in [6.45, 7) is 12.6. The molecule has 9 heterocycles. The number of aromatic nitrogens is 6. The highest BCUT2D eigenvalue weighted by Crippen LogP contribution is 2.35. The van der Waals surface area contributed by atoms with Crippen LogP contribution in [0.1, 0.15) is 160 Å². The third-order valence-corrected chi connectivity index (χ3v) is 22.4. The smallest absolute Gasteiger partial charge is 0.334 e. The van der Waals surface area contributed by atoms with Gasteiger partial charge in [-0.2, -0.15) is 39.5 Å². The van der Waals surface area contributed by atoms with Crippen LogP contribution in [0.5, 0.6) is 0 Å². The molecule has 9 aromatic rings. The molecular formula is C81H90F12N12O6. The molecule has 3 amide bonds. The number of piperidine rings is 3. The van der Waals surface area contributed by atoms with Crippen LogP contribution in [0.4, 0.5) is 52.7 Å². The van der Waals surface area contributed by atoms with E-state index in [-0.39, 0.29) is 52.4 Å². The molecule has 3 fully saturated rings. The van der Waals surface area contributed by atoms with Crippen molar-refractivity contribution in [2.45, 2.75) is 174 Å². The number of aryl methyl sites for hydroxylation is 3. The van der Waals surface area contributed by atoms with Crippen LogP contribution >= 0.6 is 0 Å². The maximum atomic E-state index is 13.8. The van der Waals surface area contributed by atoms with Gasteiger partial charge in [0.2, 0.25) is 0 Å². The van der Waals surface area contributed by atoms with Crippen LogP contribution in [0.3, 0.4) is 0 Å². The molecule has 0 saturated carbocycles. The second-order valence-corrected chi connectivity index (χ2v) is 30.5. The minimum atomic E-state index is -4.58. The van der Waals surface area contributed by atoms with E-state index in [0.717, 1.165) is 166 Å². The Morgan fingerprint density at radius 1 is 0.315 bits per heavy atom. The van der Waals surface area contributed by atoms with Crippen molar-refractivity contribution in [1.82, 2.24) is 56.8 Å². The van der Waals surface area contributed by atoms with E-state index >= 15 is 0 Å². The van der Waals surface area contributed by atoms with Crippen molar-refractivity contribution in [3.8, 4) is 0 Å². The van der Waals surface area contributed by atoms with E-state index in [1.54, 1.807) is 0 Å². The van der Waals surface area contributed by atoms with Crippen LogP contribution in [-0.2, 0) is 39.3 Å². The summed E-state index contributed by atoms with van der Waals surface area (Å²) in [5.74, 6) is -1.75. The Morgan fingerprint density at radius 3 is 0.802 bits per heavy atom. The zero-order chi connectivity index (χ0) is 79.0. The number of amides is 3. The van der Waals surface area contributed by atoms with Crippen molar-refractivity contribution in [1.29, 1.82) is 0 Å². The fraction of sp³-hybridized carbons (Fsp3) is 0.481. The summed E-state index contributed by atoms with van der Waals surface area (Å²) < 4.78 is 166. The third kappa shape index (κ3) is 18.4. The first-order chi connectivity index (χ1) is 52.8. The number of rotatable bonds is 21. The zero-order valence-corrected chi connectivity index (χ0v) is 62.2. The lowest BCUT2D eigenvalue weighted by Gasteiger charge is -2.32. The molecule has 0 spiro atoms. The Kier molecular flexibility index (Phi) is 23.8. The van der Waals surface area contributed by atoms with Crippen LogP contribution in [0.25, 0.3) is 33.1 Å². The topological polar surface area (TPSA) is 151 Å². The van der Waals surface area contributed by atoms with Crippen LogP contribution in [0, 0.1) is 38.2 Å². The van der Waals surface area contributed by atoms with E-state index in [4.69, 9.17) is 0 Å². The van der Waals surface area contributed by atoms with E-state index in [1.165, 1.54) is 50.1 Å². The summed E-state index contributed by atoms with van der Waals surface area (Å²) in [7, 11) is 0. The Balaban J connectivity index is 0.000000146. The Bertz CT molecular complexity index is 4610. The highest BCUT2D eigenvalue weighted by atomic mass is 19.4. The van der Waals surface area contributed by atoms with Crippen molar-refractivity contribution >= 4 is 50.8 Å². The van der Waals surface area contributed by atoms with Gasteiger partial charge in [0.05, 0.1) is 33.1 Å². The van der Waals surface area contributed by atoms with Crippen LogP contribution < -0.4 is 17.1 Å². The lowest BCUT2D eigenvalue weighted by Crippen LogP contribution is -2.39. The Morgan fingerprint density at radius 2 is 0.559 bits per heavy atom. The van der Waals surface area contributed by atoms with Gasteiger partial charge in [-0.05, 0) is 207 Å². The van der Waals surface area contributed by atoms with E-state index in [1.807, 2.05) is 90.1 Å². The number of imidazole rings is 3. The van der Waals surface area contributed by atoms with Gasteiger partial charge in [-0.25, -0.2) is 27.6 Å². The van der Waals surface area contributed by atoms with Crippen molar-refractivity contribution in [2.75, 3.05) is 78.5 Å². The van der Waals surface area contributed by atoms with Gasteiger partial charge in [0.25, 0.3) is 17.7 Å². The molecule has 6 aliphatic heterocycles. The quantitative estimate of drug-likeness (QED) is 0.0506. The fourth-order valence-electron chi connectivity index (χ4n) is 16.9. The predicted octanol–water partition coefficient (Wildman–Crippen LogP) is 14.7. The van der Waals surface area contributed by atoms with E-state index in [9.17, 15) is 81.5 Å². The molecule has 3 aromatic heterocycles. The minimum Gasteiger partial charge on any atom is -0.334 e. The molecule has 15 rings (SSSR count). The standard InChI is InChI=1S/3C27H30F4N4O2/c3*1-18-4-5-19-16-33(25(36)22(19)14-18)11-3-2-10-32-12-8-21(9-13-32)35-23-7-6-20(28)15-24(23)34(26(35)37)17-27(29,30)31/h3*4-7,14-15,21H,2-3,8-13,16-17H2,1H3. The zero-order valence-electron chi connectivity index (χ0n) is 62.2. The minimum absolute atomic E-state index is 0.0291. The summed E-state index contributed by atoms with van der Waals surface area (Å²) in [4.78, 5) is 89.4. The number of nitrogens with zero attached hydrogens (tertiary/aromatic N) is 12. The molecular weight excluding hydrogens is 1460 g/mol. The van der Waals surface area contributed by atoms with Gasteiger partial charge in [0.1, 0.15) is 37.1 Å². The van der Waals surface area contributed by atoms with Gasteiger partial charge in [-0.15, -0.1) is 0 Å². The molecule has 0 aliphatic carbocycles. The van der Waals surface area contributed by atoms with Gasteiger partial charge >= 0.3 is 35.6 Å². The molecule has 0 radical (unpaired) electrons. The molecule has 30 heteroatoms. The summed E-state index contributed by atoms with van der Waals surface area (Å²) in [6.07, 6.45) is -4.57. The molecule has 6 aliphatic rings. The first-order valence-electron chi connectivity index (χ1n) is 38.1. The second kappa shape index (κ2) is 33.1. The average Bonchev–Trinajstić information content (AvgIpc) is 1.62. The number of unbranched alkanes of at least 4 members (excludes halogenated alkanes) is 3. The molecule has 111 heavy (non-hydrogen) atoms. The Hall–Kier alpha value is -9.42. The lowest BCUT2D eigenvalue weighted by molar-refractivity contribution is -0.141. The molecule has 0 bridgehead atoms. The summed E-state index contributed by atoms with van der Waals surface area (Å²) in [5, 5.41) is 0. The molecule has 0 unspecified atom stereocenters. The van der Waals surface area contributed by atoms with Gasteiger partial charge in [-0.1, -0.05) is 53.1 Å². The maximum Gasteiger partial charge on any atom is 0.406 e. The number of halogens is 12. The van der Waals surface area contributed by atoms with Crippen molar-refractivity contribution in [3.05, 3.63) is 208 Å². The van der Waals surface area contributed by atoms with E-state index in [0.29, 0.717) is 108 Å².